The van der Waals surface area contributed by atoms with E-state index >= 15 is 0 Å². The van der Waals surface area contributed by atoms with Crippen molar-refractivity contribution in [3.05, 3.63) is 22.8 Å². The molecule has 4 rings (SSSR count). The zero-order chi connectivity index (χ0) is 15.2. The summed E-state index contributed by atoms with van der Waals surface area (Å²) < 4.78 is 6.32. The van der Waals surface area contributed by atoms with E-state index in [4.69, 9.17) is 4.74 Å². The van der Waals surface area contributed by atoms with Crippen molar-refractivity contribution in [2.75, 3.05) is 18.0 Å². The first-order chi connectivity index (χ1) is 9.83. The van der Waals surface area contributed by atoms with Crippen LogP contribution in [0.1, 0.15) is 27.2 Å². The second-order valence-corrected chi connectivity index (χ2v) is 7.47. The van der Waals surface area contributed by atoms with E-state index in [1.807, 2.05) is 43.9 Å². The van der Waals surface area contributed by atoms with Crippen LogP contribution in [-0.4, -0.2) is 46.8 Å². The predicted molar refractivity (Wildman–Crippen MR) is 84.4 cm³/mol. The van der Waals surface area contributed by atoms with Crippen LogP contribution < -0.4 is 4.90 Å². The maximum absolute atomic E-state index is 12.2. The van der Waals surface area contributed by atoms with Gasteiger partial charge < -0.3 is 9.64 Å². The smallest absolute Gasteiger partial charge is 0.410 e. The Hall–Kier alpha value is -1.30. The minimum atomic E-state index is -0.438. The summed E-state index contributed by atoms with van der Waals surface area (Å²) >= 11 is 3.40. The molecule has 6 heteroatoms. The molecule has 3 aliphatic heterocycles. The third-order valence-corrected chi connectivity index (χ3v) is 4.26. The molecule has 3 saturated heterocycles. The van der Waals surface area contributed by atoms with E-state index in [1.165, 1.54) is 0 Å². The lowest BCUT2D eigenvalue weighted by Crippen LogP contribution is -2.70. The Morgan fingerprint density at radius 2 is 2.00 bits per heavy atom. The van der Waals surface area contributed by atoms with Crippen LogP contribution in [0.2, 0.25) is 0 Å². The highest BCUT2D eigenvalue weighted by atomic mass is 79.9. The molecule has 3 aliphatic rings. The average Bonchev–Trinajstić information content (AvgIpc) is 2.36. The quantitative estimate of drug-likeness (QED) is 0.728. The van der Waals surface area contributed by atoms with Gasteiger partial charge in [0.2, 0.25) is 0 Å². The van der Waals surface area contributed by atoms with Crippen molar-refractivity contribution in [1.82, 2.24) is 9.88 Å². The van der Waals surface area contributed by atoms with Crippen LogP contribution in [0.3, 0.4) is 0 Å². The summed E-state index contributed by atoms with van der Waals surface area (Å²) in [5, 5.41) is 0. The van der Waals surface area contributed by atoms with E-state index in [9.17, 15) is 4.79 Å². The molecule has 1 aromatic heterocycles. The lowest BCUT2D eigenvalue weighted by Gasteiger charge is -2.56. The number of carbonyl (C=O) groups excluding carboxylic acids is 1. The maximum atomic E-state index is 12.2. The summed E-state index contributed by atoms with van der Waals surface area (Å²) in [7, 11) is 0. The molecule has 5 nitrogen and oxygen atoms in total. The van der Waals surface area contributed by atoms with Crippen molar-refractivity contribution in [2.24, 2.45) is 0 Å². The van der Waals surface area contributed by atoms with E-state index in [-0.39, 0.29) is 18.2 Å². The number of hydrogen-bond donors (Lipinski definition) is 0. The summed E-state index contributed by atoms with van der Waals surface area (Å²) in [6.45, 7) is 7.34. The minimum Gasteiger partial charge on any atom is -0.444 e. The largest absolute Gasteiger partial charge is 0.444 e. The van der Waals surface area contributed by atoms with Gasteiger partial charge in [0.1, 0.15) is 16.0 Å². The van der Waals surface area contributed by atoms with Crippen LogP contribution >= 0.6 is 15.9 Å². The summed E-state index contributed by atoms with van der Waals surface area (Å²) in [6.07, 6.45) is 0.870. The van der Waals surface area contributed by atoms with Crippen LogP contribution in [0.15, 0.2) is 22.8 Å². The van der Waals surface area contributed by atoms with Gasteiger partial charge in [-0.2, -0.15) is 0 Å². The third kappa shape index (κ3) is 3.00. The number of amides is 1. The molecule has 4 heterocycles. The SMILES string of the molecule is CC(C)(C)OC(=O)N1C2CC1CN(c1cccc(Br)n1)C2. The minimum absolute atomic E-state index is 0.189. The Morgan fingerprint density at radius 1 is 1.33 bits per heavy atom. The lowest BCUT2D eigenvalue weighted by molar-refractivity contribution is -0.0380. The molecular formula is C15H20BrN3O2. The van der Waals surface area contributed by atoms with E-state index in [0.29, 0.717) is 0 Å². The average molecular weight is 354 g/mol. The second-order valence-electron chi connectivity index (χ2n) is 6.65. The van der Waals surface area contributed by atoms with Gasteiger partial charge in [-0.05, 0) is 55.3 Å². The molecule has 0 N–H and O–H groups in total. The Kier molecular flexibility index (Phi) is 3.59. The van der Waals surface area contributed by atoms with Gasteiger partial charge in [-0.15, -0.1) is 0 Å². The van der Waals surface area contributed by atoms with Crippen LogP contribution in [-0.2, 0) is 4.74 Å². The molecule has 0 saturated carbocycles. The zero-order valence-electron chi connectivity index (χ0n) is 12.5. The van der Waals surface area contributed by atoms with Crippen molar-refractivity contribution >= 4 is 27.8 Å². The first kappa shape index (κ1) is 14.6. The zero-order valence-corrected chi connectivity index (χ0v) is 14.1. The van der Waals surface area contributed by atoms with Gasteiger partial charge in [0.15, 0.2) is 0 Å². The molecule has 2 bridgehead atoms. The Labute approximate surface area is 133 Å². The number of fused-ring (bicyclic) bond motifs is 2. The molecule has 2 atom stereocenters. The second kappa shape index (κ2) is 5.16. The number of anilines is 1. The number of piperazine rings is 1. The molecule has 0 radical (unpaired) electrons. The number of aromatic nitrogens is 1. The van der Waals surface area contributed by atoms with E-state index < -0.39 is 5.60 Å². The Balaban J connectivity index is 1.66. The number of pyridine rings is 1. The first-order valence-corrected chi connectivity index (χ1v) is 8.01. The fourth-order valence-corrected chi connectivity index (χ4v) is 3.32. The number of hydrogen-bond acceptors (Lipinski definition) is 4. The van der Waals surface area contributed by atoms with Gasteiger partial charge >= 0.3 is 6.09 Å². The van der Waals surface area contributed by atoms with Crippen molar-refractivity contribution in [1.29, 1.82) is 0 Å². The number of ether oxygens (including phenoxy) is 1. The van der Waals surface area contributed by atoms with Gasteiger partial charge in [-0.1, -0.05) is 6.07 Å². The highest BCUT2D eigenvalue weighted by Crippen LogP contribution is 2.35. The number of rotatable bonds is 1. The molecule has 1 aromatic rings. The number of piperidine rings is 1. The molecule has 1 amide bonds. The van der Waals surface area contributed by atoms with Crippen molar-refractivity contribution in [3.63, 3.8) is 0 Å². The van der Waals surface area contributed by atoms with E-state index in [2.05, 4.69) is 25.8 Å². The normalized spacial score (nSPS) is 24.6. The topological polar surface area (TPSA) is 45.7 Å². The predicted octanol–water partition coefficient (Wildman–Crippen LogP) is 3.04. The molecule has 21 heavy (non-hydrogen) atoms. The number of nitrogens with zero attached hydrogens (tertiary/aromatic N) is 3. The number of halogens is 1. The van der Waals surface area contributed by atoms with Gasteiger partial charge in [0.25, 0.3) is 0 Å². The standard InChI is InChI=1S/C15H20BrN3O2/c1-15(2,3)21-14(20)19-10-7-11(19)9-18(8-10)13-6-4-5-12(16)17-13/h4-6,10-11H,7-9H2,1-3H3. The summed E-state index contributed by atoms with van der Waals surface area (Å²) in [5.74, 6) is 0.961. The van der Waals surface area contributed by atoms with Gasteiger partial charge in [0.05, 0.1) is 12.1 Å². The van der Waals surface area contributed by atoms with Crippen LogP contribution in [0.5, 0.6) is 0 Å². The highest BCUT2D eigenvalue weighted by Gasteiger charge is 2.49. The Morgan fingerprint density at radius 3 is 2.57 bits per heavy atom. The molecule has 0 spiro atoms. The molecule has 2 unspecified atom stereocenters. The fraction of sp³-hybridized carbons (Fsp3) is 0.600. The maximum Gasteiger partial charge on any atom is 0.410 e. The van der Waals surface area contributed by atoms with Crippen LogP contribution in [0.4, 0.5) is 10.6 Å². The molecule has 3 fully saturated rings. The molecule has 114 valence electrons. The van der Waals surface area contributed by atoms with Crippen LogP contribution in [0, 0.1) is 0 Å². The monoisotopic (exact) mass is 353 g/mol. The summed E-state index contributed by atoms with van der Waals surface area (Å²) in [5.41, 5.74) is -0.438. The lowest BCUT2D eigenvalue weighted by atomic mass is 9.88. The van der Waals surface area contributed by atoms with Crippen molar-refractivity contribution in [2.45, 2.75) is 44.9 Å². The van der Waals surface area contributed by atoms with Crippen molar-refractivity contribution < 1.29 is 9.53 Å². The van der Waals surface area contributed by atoms with Crippen LogP contribution in [0.25, 0.3) is 0 Å². The molecule has 0 aliphatic carbocycles. The molecule has 0 aromatic carbocycles. The van der Waals surface area contributed by atoms with E-state index in [0.717, 1.165) is 29.9 Å². The highest BCUT2D eigenvalue weighted by molar-refractivity contribution is 9.10. The summed E-state index contributed by atoms with van der Waals surface area (Å²) in [6, 6.07) is 6.38. The molecular weight excluding hydrogens is 334 g/mol. The van der Waals surface area contributed by atoms with E-state index in [1.54, 1.807) is 0 Å². The Bertz CT molecular complexity index is 546. The van der Waals surface area contributed by atoms with Gasteiger partial charge in [-0.3, -0.25) is 4.90 Å². The third-order valence-electron chi connectivity index (χ3n) is 3.82. The first-order valence-electron chi connectivity index (χ1n) is 7.22. The summed E-state index contributed by atoms with van der Waals surface area (Å²) in [4.78, 5) is 20.8. The number of carbonyl (C=O) groups is 1. The fourth-order valence-electron chi connectivity index (χ4n) is 2.98. The van der Waals surface area contributed by atoms with Crippen molar-refractivity contribution in [3.8, 4) is 0 Å². The van der Waals surface area contributed by atoms with Gasteiger partial charge in [-0.25, -0.2) is 9.78 Å². The van der Waals surface area contributed by atoms with Gasteiger partial charge in [0, 0.05) is 13.1 Å².